The van der Waals surface area contributed by atoms with Crippen molar-refractivity contribution in [2.75, 3.05) is 0 Å². The average Bonchev–Trinajstić information content (AvgIpc) is 2.31. The van der Waals surface area contributed by atoms with Crippen molar-refractivity contribution in [3.05, 3.63) is 21.9 Å². The van der Waals surface area contributed by atoms with Gasteiger partial charge in [-0.15, -0.1) is 11.6 Å². The summed E-state index contributed by atoms with van der Waals surface area (Å²) in [6.07, 6.45) is 0. The van der Waals surface area contributed by atoms with E-state index in [1.165, 1.54) is 10.7 Å². The monoisotopic (exact) mass is 175 g/mol. The van der Waals surface area contributed by atoms with Crippen LogP contribution in [0.2, 0.25) is 0 Å². The molecule has 0 atom stereocenters. The molecule has 60 valence electrons. The van der Waals surface area contributed by atoms with Gasteiger partial charge in [-0.1, -0.05) is 0 Å². The molecule has 0 bridgehead atoms. The second-order valence-corrected chi connectivity index (χ2v) is 2.28. The van der Waals surface area contributed by atoms with Crippen LogP contribution in [0.15, 0.2) is 6.07 Å². The number of rotatable bonds is 2. The molecule has 0 saturated heterocycles. The summed E-state index contributed by atoms with van der Waals surface area (Å²) in [4.78, 5) is 9.62. The third-order valence-electron chi connectivity index (χ3n) is 1.29. The molecule has 0 saturated carbocycles. The fraction of sp³-hybridized carbons (Fsp3) is 0.400. The Hall–Kier alpha value is -1.10. The van der Waals surface area contributed by atoms with E-state index in [1.807, 2.05) is 0 Å². The Kier molecular flexibility index (Phi) is 2.09. The molecule has 11 heavy (non-hydrogen) atoms. The summed E-state index contributed by atoms with van der Waals surface area (Å²) >= 11 is 5.47. The van der Waals surface area contributed by atoms with Gasteiger partial charge < -0.3 is 10.1 Å². The molecule has 0 aliphatic rings. The molecule has 1 rings (SSSR count). The van der Waals surface area contributed by atoms with Crippen LogP contribution in [0.1, 0.15) is 5.69 Å². The van der Waals surface area contributed by atoms with Gasteiger partial charge in [0.2, 0.25) is 0 Å². The van der Waals surface area contributed by atoms with Crippen molar-refractivity contribution in [2.24, 2.45) is 7.05 Å². The lowest BCUT2D eigenvalue weighted by Gasteiger charge is -1.85. The summed E-state index contributed by atoms with van der Waals surface area (Å²) in [5.41, 5.74) is 0.637. The van der Waals surface area contributed by atoms with E-state index >= 15 is 0 Å². The SMILES string of the molecule is Cn1nc([N+](=O)[O-])cc1CCl. The maximum Gasteiger partial charge on any atom is 0.390 e. The standard InChI is InChI=1S/C5H6ClN3O2/c1-8-4(3-6)2-5(7-8)9(10)11/h2H,3H2,1H3. The highest BCUT2D eigenvalue weighted by Gasteiger charge is 2.13. The highest BCUT2D eigenvalue weighted by atomic mass is 35.5. The molecule has 0 spiro atoms. The topological polar surface area (TPSA) is 61.0 Å². The molecule has 5 nitrogen and oxygen atoms in total. The van der Waals surface area contributed by atoms with Crippen LogP contribution in [-0.2, 0) is 12.9 Å². The van der Waals surface area contributed by atoms with Gasteiger partial charge in [0.15, 0.2) is 0 Å². The number of aromatic nitrogens is 2. The van der Waals surface area contributed by atoms with Crippen LogP contribution in [0, 0.1) is 10.1 Å². The smallest absolute Gasteiger partial charge is 0.358 e. The zero-order valence-electron chi connectivity index (χ0n) is 5.82. The molecular formula is C5H6ClN3O2. The molecule has 0 aliphatic carbocycles. The van der Waals surface area contributed by atoms with Crippen molar-refractivity contribution in [1.29, 1.82) is 0 Å². The van der Waals surface area contributed by atoms with E-state index in [2.05, 4.69) is 5.10 Å². The zero-order chi connectivity index (χ0) is 8.43. The van der Waals surface area contributed by atoms with Gasteiger partial charge in [0.1, 0.15) is 0 Å². The van der Waals surface area contributed by atoms with Crippen LogP contribution in [0.25, 0.3) is 0 Å². The summed E-state index contributed by atoms with van der Waals surface area (Å²) < 4.78 is 1.39. The van der Waals surface area contributed by atoms with Crippen LogP contribution in [0.5, 0.6) is 0 Å². The van der Waals surface area contributed by atoms with E-state index in [0.717, 1.165) is 0 Å². The van der Waals surface area contributed by atoms with E-state index < -0.39 is 4.92 Å². The summed E-state index contributed by atoms with van der Waals surface area (Å²) in [6.45, 7) is 0. The van der Waals surface area contributed by atoms with E-state index in [0.29, 0.717) is 5.69 Å². The minimum atomic E-state index is -0.546. The number of aryl methyl sites for hydroxylation is 1. The Labute approximate surface area is 67.7 Å². The fourth-order valence-electron chi connectivity index (χ4n) is 0.703. The number of alkyl halides is 1. The molecule has 1 aromatic heterocycles. The van der Waals surface area contributed by atoms with Crippen molar-refractivity contribution < 1.29 is 4.92 Å². The lowest BCUT2D eigenvalue weighted by atomic mass is 10.5. The molecule has 1 aromatic rings. The summed E-state index contributed by atoms with van der Waals surface area (Å²) in [6, 6.07) is 1.35. The molecule has 0 amide bonds. The predicted molar refractivity (Wildman–Crippen MR) is 39.4 cm³/mol. The fourth-order valence-corrected chi connectivity index (χ4v) is 0.954. The van der Waals surface area contributed by atoms with E-state index in [4.69, 9.17) is 11.6 Å². The lowest BCUT2D eigenvalue weighted by Crippen LogP contribution is -1.95. The molecular weight excluding hydrogens is 170 g/mol. The van der Waals surface area contributed by atoms with Gasteiger partial charge >= 0.3 is 5.82 Å². The second kappa shape index (κ2) is 2.87. The number of hydrogen-bond acceptors (Lipinski definition) is 3. The Bertz CT molecular complexity index is 283. The Balaban J connectivity index is 3.05. The molecule has 1 heterocycles. The van der Waals surface area contributed by atoms with E-state index in [-0.39, 0.29) is 11.7 Å². The maximum atomic E-state index is 10.2. The minimum absolute atomic E-state index is 0.164. The summed E-state index contributed by atoms with van der Waals surface area (Å²) in [5, 5.41) is 13.8. The van der Waals surface area contributed by atoms with Crippen molar-refractivity contribution in [3.63, 3.8) is 0 Å². The molecule has 0 fully saturated rings. The van der Waals surface area contributed by atoms with Gasteiger partial charge in [-0.3, -0.25) is 0 Å². The van der Waals surface area contributed by atoms with E-state index in [1.54, 1.807) is 7.05 Å². The predicted octanol–water partition coefficient (Wildman–Crippen LogP) is 1.07. The highest BCUT2D eigenvalue weighted by molar-refractivity contribution is 6.16. The first kappa shape index (κ1) is 8.00. The quantitative estimate of drug-likeness (QED) is 0.384. The number of hydrogen-bond donors (Lipinski definition) is 0. The minimum Gasteiger partial charge on any atom is -0.358 e. The number of halogens is 1. The third-order valence-corrected chi connectivity index (χ3v) is 1.56. The molecule has 0 unspecified atom stereocenters. The first-order valence-corrected chi connectivity index (χ1v) is 3.42. The van der Waals surface area contributed by atoms with Crippen molar-refractivity contribution in [2.45, 2.75) is 5.88 Å². The van der Waals surface area contributed by atoms with Crippen LogP contribution >= 0.6 is 11.6 Å². The van der Waals surface area contributed by atoms with Gasteiger partial charge in [-0.05, 0) is 4.92 Å². The molecule has 0 N–H and O–H groups in total. The first-order valence-electron chi connectivity index (χ1n) is 2.88. The van der Waals surface area contributed by atoms with Crippen molar-refractivity contribution >= 4 is 17.4 Å². The molecule has 6 heteroatoms. The Morgan fingerprint density at radius 3 is 2.82 bits per heavy atom. The van der Waals surface area contributed by atoms with Gasteiger partial charge in [-0.25, -0.2) is 0 Å². The molecule has 0 radical (unpaired) electrons. The lowest BCUT2D eigenvalue weighted by molar-refractivity contribution is -0.389. The zero-order valence-corrected chi connectivity index (χ0v) is 6.58. The normalized spacial score (nSPS) is 10.0. The van der Waals surface area contributed by atoms with Gasteiger partial charge in [0.25, 0.3) is 0 Å². The van der Waals surface area contributed by atoms with Gasteiger partial charge in [0, 0.05) is 0 Å². The van der Waals surface area contributed by atoms with Gasteiger partial charge in [-0.2, -0.15) is 4.68 Å². The largest absolute Gasteiger partial charge is 0.390 e. The summed E-state index contributed by atoms with van der Waals surface area (Å²) in [5.74, 6) is 0.0697. The highest BCUT2D eigenvalue weighted by Crippen LogP contribution is 2.11. The van der Waals surface area contributed by atoms with Crippen molar-refractivity contribution in [3.8, 4) is 0 Å². The van der Waals surface area contributed by atoms with Crippen molar-refractivity contribution in [1.82, 2.24) is 9.78 Å². The first-order chi connectivity index (χ1) is 5.15. The molecule has 0 aromatic carbocycles. The number of nitrogens with zero attached hydrogens (tertiary/aromatic N) is 3. The second-order valence-electron chi connectivity index (χ2n) is 2.01. The summed E-state index contributed by atoms with van der Waals surface area (Å²) in [7, 11) is 1.62. The van der Waals surface area contributed by atoms with Gasteiger partial charge in [0.05, 0.1) is 29.8 Å². The Morgan fingerprint density at radius 2 is 2.55 bits per heavy atom. The van der Waals surface area contributed by atoms with E-state index in [9.17, 15) is 10.1 Å². The number of nitro groups is 1. The Morgan fingerprint density at radius 1 is 1.91 bits per heavy atom. The van der Waals surface area contributed by atoms with Crippen LogP contribution in [0.3, 0.4) is 0 Å². The third kappa shape index (κ3) is 1.48. The molecule has 0 aliphatic heterocycles. The van der Waals surface area contributed by atoms with Crippen LogP contribution in [0.4, 0.5) is 5.82 Å². The maximum absolute atomic E-state index is 10.2. The average molecular weight is 176 g/mol. The van der Waals surface area contributed by atoms with Crippen LogP contribution in [-0.4, -0.2) is 14.7 Å². The van der Waals surface area contributed by atoms with Crippen LogP contribution < -0.4 is 0 Å².